The topological polar surface area (TPSA) is 30.0 Å². The lowest BCUT2D eigenvalue weighted by Gasteiger charge is -2.20. The minimum absolute atomic E-state index is 0.311. The second-order valence-electron chi connectivity index (χ2n) is 4.80. The van der Waals surface area contributed by atoms with E-state index in [2.05, 4.69) is 20.9 Å². The summed E-state index contributed by atoms with van der Waals surface area (Å²) >= 11 is 5.22. The molecule has 1 aromatic heterocycles. The Balaban J connectivity index is 1.74. The molecule has 0 saturated heterocycles. The zero-order valence-electron chi connectivity index (χ0n) is 10.4. The van der Waals surface area contributed by atoms with Crippen LogP contribution in [-0.4, -0.2) is 21.8 Å². The molecule has 98 valence electrons. The predicted octanol–water partition coefficient (Wildman–Crippen LogP) is 4.02. The highest BCUT2D eigenvalue weighted by molar-refractivity contribution is 9.10. The Bertz CT molecular complexity index is 405. The summed E-state index contributed by atoms with van der Waals surface area (Å²) in [6.07, 6.45) is 10.6. The highest BCUT2D eigenvalue weighted by Crippen LogP contribution is 2.28. The van der Waals surface area contributed by atoms with Crippen LogP contribution in [-0.2, 0) is 11.2 Å². The Hall–Kier alpha value is -0.350. The first-order valence-corrected chi connectivity index (χ1v) is 8.31. The number of Topliss-reactive ketones (excluding diaryl/α,β-unsaturated/α-hetero) is 1. The second-order valence-corrected chi connectivity index (χ2v) is 7.00. The highest BCUT2D eigenvalue weighted by Gasteiger charge is 2.15. The molecule has 0 amide bonds. The van der Waals surface area contributed by atoms with Crippen LogP contribution in [0.5, 0.6) is 0 Å². The van der Waals surface area contributed by atoms with Gasteiger partial charge in [0.05, 0.1) is 5.75 Å². The van der Waals surface area contributed by atoms with Crippen molar-refractivity contribution in [3.63, 3.8) is 0 Å². The van der Waals surface area contributed by atoms with Gasteiger partial charge in [-0.05, 0) is 40.4 Å². The normalized spacial score (nSPS) is 16.7. The van der Waals surface area contributed by atoms with Crippen LogP contribution in [0, 0.1) is 0 Å². The van der Waals surface area contributed by atoms with Crippen molar-refractivity contribution < 1.29 is 4.79 Å². The van der Waals surface area contributed by atoms with Crippen molar-refractivity contribution in [1.82, 2.24) is 4.98 Å². The van der Waals surface area contributed by atoms with Crippen LogP contribution in [0.25, 0.3) is 0 Å². The number of carbonyl (C=O) groups is 1. The smallest absolute Gasteiger partial charge is 0.147 e. The van der Waals surface area contributed by atoms with Gasteiger partial charge in [0.2, 0.25) is 0 Å². The molecule has 0 spiro atoms. The average molecular weight is 328 g/mol. The lowest BCUT2D eigenvalue weighted by atomic mass is 10.0. The number of hydrogen-bond donors (Lipinski definition) is 0. The molecule has 0 atom stereocenters. The minimum atomic E-state index is 0.311. The summed E-state index contributed by atoms with van der Waals surface area (Å²) in [5.74, 6) is 0.961. The lowest BCUT2D eigenvalue weighted by Crippen LogP contribution is -2.13. The van der Waals surface area contributed by atoms with Gasteiger partial charge in [-0.3, -0.25) is 9.78 Å². The third-order valence-corrected chi connectivity index (χ3v) is 5.06. The Morgan fingerprint density at radius 2 is 2.11 bits per heavy atom. The maximum atomic E-state index is 11.9. The highest BCUT2D eigenvalue weighted by atomic mass is 79.9. The largest absolute Gasteiger partial charge is 0.298 e. The van der Waals surface area contributed by atoms with E-state index in [1.807, 2.05) is 17.8 Å². The summed E-state index contributed by atoms with van der Waals surface area (Å²) in [5, 5.41) is 0.711. The summed E-state index contributed by atoms with van der Waals surface area (Å²) in [5.41, 5.74) is 0.999. The predicted molar refractivity (Wildman–Crippen MR) is 80.0 cm³/mol. The molecule has 4 heteroatoms. The monoisotopic (exact) mass is 327 g/mol. The molecule has 1 heterocycles. The molecular formula is C14H18BrNOS. The van der Waals surface area contributed by atoms with Crippen LogP contribution in [0.15, 0.2) is 22.9 Å². The Labute approximate surface area is 121 Å². The van der Waals surface area contributed by atoms with Crippen molar-refractivity contribution in [1.29, 1.82) is 0 Å². The molecular weight excluding hydrogens is 310 g/mol. The third kappa shape index (κ3) is 4.73. The number of halogens is 1. The van der Waals surface area contributed by atoms with Crippen LogP contribution in [0.2, 0.25) is 0 Å². The van der Waals surface area contributed by atoms with Crippen molar-refractivity contribution in [3.8, 4) is 0 Å². The molecule has 18 heavy (non-hydrogen) atoms. The number of nitrogens with zero attached hydrogens (tertiary/aromatic N) is 1. The average Bonchev–Trinajstić information content (AvgIpc) is 2.38. The Morgan fingerprint density at radius 1 is 1.33 bits per heavy atom. The van der Waals surface area contributed by atoms with Crippen molar-refractivity contribution in [2.24, 2.45) is 0 Å². The fourth-order valence-electron chi connectivity index (χ4n) is 2.27. The standard InChI is InChI=1S/C14H18BrNOS/c15-12-6-11(8-16-9-12)7-13(17)10-18-14-4-2-1-3-5-14/h6,8-9,14H,1-5,7,10H2. The first-order valence-electron chi connectivity index (χ1n) is 6.47. The van der Waals surface area contributed by atoms with Gasteiger partial charge in [0.15, 0.2) is 0 Å². The van der Waals surface area contributed by atoms with Gasteiger partial charge in [-0.2, -0.15) is 11.8 Å². The number of aromatic nitrogens is 1. The number of thioether (sulfide) groups is 1. The quantitative estimate of drug-likeness (QED) is 0.818. The van der Waals surface area contributed by atoms with E-state index in [1.165, 1.54) is 32.1 Å². The molecule has 1 saturated carbocycles. The molecule has 0 aliphatic heterocycles. The first kappa shape index (κ1) is 14.1. The Morgan fingerprint density at radius 3 is 2.83 bits per heavy atom. The van der Waals surface area contributed by atoms with Gasteiger partial charge < -0.3 is 0 Å². The van der Waals surface area contributed by atoms with Gasteiger partial charge in [0.25, 0.3) is 0 Å². The Kier molecular flexibility index (Phi) is 5.70. The van der Waals surface area contributed by atoms with E-state index in [1.54, 1.807) is 12.4 Å². The summed E-state index contributed by atoms with van der Waals surface area (Å²) in [7, 11) is 0. The van der Waals surface area contributed by atoms with E-state index in [0.29, 0.717) is 23.2 Å². The maximum absolute atomic E-state index is 11.9. The molecule has 1 fully saturated rings. The van der Waals surface area contributed by atoms with Crippen molar-refractivity contribution in [2.45, 2.75) is 43.8 Å². The van der Waals surface area contributed by atoms with E-state index >= 15 is 0 Å². The zero-order chi connectivity index (χ0) is 12.8. The molecule has 1 aliphatic carbocycles. The van der Waals surface area contributed by atoms with Crippen LogP contribution < -0.4 is 0 Å². The fraction of sp³-hybridized carbons (Fsp3) is 0.571. The van der Waals surface area contributed by atoms with Gasteiger partial charge in [0, 0.05) is 28.5 Å². The lowest BCUT2D eigenvalue weighted by molar-refractivity contribution is -0.116. The third-order valence-electron chi connectivity index (χ3n) is 3.20. The van der Waals surface area contributed by atoms with E-state index in [9.17, 15) is 4.79 Å². The number of carbonyl (C=O) groups excluding carboxylic acids is 1. The van der Waals surface area contributed by atoms with Crippen LogP contribution in [0.4, 0.5) is 0 Å². The van der Waals surface area contributed by atoms with Crippen molar-refractivity contribution in [2.75, 3.05) is 5.75 Å². The molecule has 2 rings (SSSR count). The molecule has 1 aliphatic rings. The first-order chi connectivity index (χ1) is 8.74. The summed E-state index contributed by atoms with van der Waals surface area (Å²) in [6, 6.07) is 1.97. The summed E-state index contributed by atoms with van der Waals surface area (Å²) < 4.78 is 0.938. The van der Waals surface area contributed by atoms with Crippen molar-refractivity contribution in [3.05, 3.63) is 28.5 Å². The number of hydrogen-bond acceptors (Lipinski definition) is 3. The maximum Gasteiger partial charge on any atom is 0.147 e. The van der Waals surface area contributed by atoms with Gasteiger partial charge in [-0.15, -0.1) is 0 Å². The van der Waals surface area contributed by atoms with E-state index in [4.69, 9.17) is 0 Å². The molecule has 2 nitrogen and oxygen atoms in total. The zero-order valence-corrected chi connectivity index (χ0v) is 12.8. The van der Waals surface area contributed by atoms with E-state index in [0.717, 1.165) is 10.0 Å². The number of rotatable bonds is 5. The molecule has 0 radical (unpaired) electrons. The molecule has 0 N–H and O–H groups in total. The van der Waals surface area contributed by atoms with Gasteiger partial charge >= 0.3 is 0 Å². The minimum Gasteiger partial charge on any atom is -0.298 e. The number of pyridine rings is 1. The summed E-state index contributed by atoms with van der Waals surface area (Å²) in [6.45, 7) is 0. The SMILES string of the molecule is O=C(CSC1CCCCC1)Cc1cncc(Br)c1. The van der Waals surface area contributed by atoms with E-state index in [-0.39, 0.29) is 0 Å². The summed E-state index contributed by atoms with van der Waals surface area (Å²) in [4.78, 5) is 16.0. The van der Waals surface area contributed by atoms with E-state index < -0.39 is 0 Å². The molecule has 0 bridgehead atoms. The second kappa shape index (κ2) is 7.29. The van der Waals surface area contributed by atoms with Gasteiger partial charge in [-0.1, -0.05) is 19.3 Å². The van der Waals surface area contributed by atoms with Gasteiger partial charge in [-0.25, -0.2) is 0 Å². The molecule has 0 unspecified atom stereocenters. The van der Waals surface area contributed by atoms with Crippen LogP contribution >= 0.6 is 27.7 Å². The van der Waals surface area contributed by atoms with Crippen LogP contribution in [0.1, 0.15) is 37.7 Å². The van der Waals surface area contributed by atoms with Crippen molar-refractivity contribution >= 4 is 33.5 Å². The number of ketones is 1. The van der Waals surface area contributed by atoms with Crippen LogP contribution in [0.3, 0.4) is 0 Å². The molecule has 1 aromatic rings. The molecule has 0 aromatic carbocycles. The van der Waals surface area contributed by atoms with Gasteiger partial charge in [0.1, 0.15) is 5.78 Å². The fourth-order valence-corrected chi connectivity index (χ4v) is 3.88.